The molecule has 7 nitrogen and oxygen atoms in total. The molecule has 1 saturated heterocycles. The Hall–Kier alpha value is -3.91. The van der Waals surface area contributed by atoms with E-state index in [9.17, 15) is 20.0 Å². The van der Waals surface area contributed by atoms with Gasteiger partial charge in [-0.05, 0) is 54.9 Å². The SMILES string of the molecule is Cc1ccccc1N=C1S/C(=C\c2cccc([N+](=O)[O-])c2O)C(=O)N1c1ccccc1C. The zero-order chi connectivity index (χ0) is 22.8. The number of phenols is 1. The van der Waals surface area contributed by atoms with E-state index in [1.807, 2.05) is 62.4 Å². The number of aryl methyl sites for hydroxylation is 2. The number of rotatable bonds is 4. The molecule has 1 fully saturated rings. The van der Waals surface area contributed by atoms with E-state index in [0.717, 1.165) is 28.6 Å². The van der Waals surface area contributed by atoms with Crippen molar-refractivity contribution >= 4 is 46.0 Å². The van der Waals surface area contributed by atoms with Crippen molar-refractivity contribution in [3.05, 3.63) is 98.4 Å². The highest BCUT2D eigenvalue weighted by molar-refractivity contribution is 8.19. The van der Waals surface area contributed by atoms with Crippen LogP contribution in [0.25, 0.3) is 6.08 Å². The van der Waals surface area contributed by atoms with Crippen LogP contribution in [0.4, 0.5) is 17.1 Å². The number of aliphatic imine (C=N–C) groups is 1. The van der Waals surface area contributed by atoms with E-state index >= 15 is 0 Å². The second-order valence-corrected chi connectivity index (χ2v) is 8.20. The van der Waals surface area contributed by atoms with E-state index in [2.05, 4.69) is 0 Å². The van der Waals surface area contributed by atoms with E-state index in [-0.39, 0.29) is 11.5 Å². The number of amidine groups is 1. The molecule has 3 aromatic carbocycles. The molecule has 1 amide bonds. The lowest BCUT2D eigenvalue weighted by Crippen LogP contribution is -2.29. The summed E-state index contributed by atoms with van der Waals surface area (Å²) in [4.78, 5) is 30.5. The highest BCUT2D eigenvalue weighted by Gasteiger charge is 2.36. The molecule has 0 atom stereocenters. The summed E-state index contributed by atoms with van der Waals surface area (Å²) in [7, 11) is 0. The fraction of sp³-hybridized carbons (Fsp3) is 0.0833. The molecule has 0 saturated carbocycles. The molecular weight excluding hydrogens is 426 g/mol. The maximum Gasteiger partial charge on any atom is 0.311 e. The predicted octanol–water partition coefficient (Wildman–Crippen LogP) is 5.73. The van der Waals surface area contributed by atoms with Crippen LogP contribution in [-0.2, 0) is 4.79 Å². The number of thioether (sulfide) groups is 1. The standard InChI is InChI=1S/C24H19N3O4S/c1-15-8-3-5-11-18(15)25-24-26(19-12-6-4-9-16(19)2)23(29)21(32-24)14-17-10-7-13-20(22(17)28)27(30)31/h3-14,28H,1-2H3/b21-14-,25-24?. The number of amides is 1. The number of phenolic OH excluding ortho intramolecular Hbond substituents is 1. The van der Waals surface area contributed by atoms with Gasteiger partial charge in [-0.15, -0.1) is 0 Å². The molecule has 0 spiro atoms. The summed E-state index contributed by atoms with van der Waals surface area (Å²) >= 11 is 1.16. The molecule has 4 rings (SSSR count). The minimum atomic E-state index is -0.661. The van der Waals surface area contributed by atoms with Crippen LogP contribution in [0.1, 0.15) is 16.7 Å². The maximum absolute atomic E-state index is 13.4. The fourth-order valence-corrected chi connectivity index (χ4v) is 4.30. The maximum atomic E-state index is 13.4. The lowest BCUT2D eigenvalue weighted by Gasteiger charge is -2.18. The summed E-state index contributed by atoms with van der Waals surface area (Å²) < 4.78 is 0. The summed E-state index contributed by atoms with van der Waals surface area (Å²) in [6.07, 6.45) is 1.46. The summed E-state index contributed by atoms with van der Waals surface area (Å²) in [6, 6.07) is 19.3. The number of benzene rings is 3. The van der Waals surface area contributed by atoms with Crippen LogP contribution in [0.3, 0.4) is 0 Å². The van der Waals surface area contributed by atoms with Crippen LogP contribution < -0.4 is 4.90 Å². The van der Waals surface area contributed by atoms with E-state index in [1.165, 1.54) is 29.2 Å². The van der Waals surface area contributed by atoms with Gasteiger partial charge in [0.15, 0.2) is 5.17 Å². The van der Waals surface area contributed by atoms with Crippen molar-refractivity contribution in [2.75, 3.05) is 4.90 Å². The molecule has 3 aromatic rings. The smallest absolute Gasteiger partial charge is 0.311 e. The van der Waals surface area contributed by atoms with Gasteiger partial charge in [0.1, 0.15) is 0 Å². The molecule has 160 valence electrons. The van der Waals surface area contributed by atoms with E-state index < -0.39 is 16.4 Å². The minimum absolute atomic E-state index is 0.192. The molecule has 8 heteroatoms. The molecule has 0 unspecified atom stereocenters. The normalized spacial score (nSPS) is 16.2. The molecule has 1 heterocycles. The number of hydrogen-bond acceptors (Lipinski definition) is 6. The molecule has 1 N–H and O–H groups in total. The van der Waals surface area contributed by atoms with Crippen molar-refractivity contribution < 1.29 is 14.8 Å². The third-order valence-corrected chi connectivity index (χ3v) is 5.99. The van der Waals surface area contributed by atoms with Crippen LogP contribution in [0, 0.1) is 24.0 Å². The quantitative estimate of drug-likeness (QED) is 0.314. The number of aromatic hydroxyl groups is 1. The second-order valence-electron chi connectivity index (χ2n) is 7.19. The van der Waals surface area contributed by atoms with Crippen molar-refractivity contribution in [3.8, 4) is 5.75 Å². The Balaban J connectivity index is 1.84. The molecule has 0 bridgehead atoms. The number of carbonyl (C=O) groups excluding carboxylic acids is 1. The van der Waals surface area contributed by atoms with Gasteiger partial charge >= 0.3 is 5.69 Å². The Labute approximate surface area is 188 Å². The van der Waals surface area contributed by atoms with Crippen molar-refractivity contribution in [2.45, 2.75) is 13.8 Å². The lowest BCUT2D eigenvalue weighted by molar-refractivity contribution is -0.385. The molecule has 32 heavy (non-hydrogen) atoms. The lowest BCUT2D eigenvalue weighted by atomic mass is 10.1. The van der Waals surface area contributed by atoms with Crippen molar-refractivity contribution in [1.82, 2.24) is 0 Å². The zero-order valence-corrected chi connectivity index (χ0v) is 18.2. The number of nitrogens with zero attached hydrogens (tertiary/aromatic N) is 3. The highest BCUT2D eigenvalue weighted by atomic mass is 32.2. The Morgan fingerprint density at radius 2 is 1.69 bits per heavy atom. The summed E-state index contributed by atoms with van der Waals surface area (Å²) in [5.41, 5.74) is 3.08. The van der Waals surface area contributed by atoms with Crippen molar-refractivity contribution in [2.24, 2.45) is 4.99 Å². The molecule has 1 aliphatic heterocycles. The predicted molar refractivity (Wildman–Crippen MR) is 127 cm³/mol. The number of nitro groups is 1. The van der Waals surface area contributed by atoms with E-state index in [1.54, 1.807) is 0 Å². The van der Waals surface area contributed by atoms with Gasteiger partial charge in [0.25, 0.3) is 5.91 Å². The van der Waals surface area contributed by atoms with Gasteiger partial charge in [-0.1, -0.05) is 48.5 Å². The van der Waals surface area contributed by atoms with Crippen molar-refractivity contribution in [1.29, 1.82) is 0 Å². The van der Waals surface area contributed by atoms with Gasteiger partial charge in [-0.3, -0.25) is 19.8 Å². The third kappa shape index (κ3) is 4.00. The fourth-order valence-electron chi connectivity index (χ4n) is 3.32. The number of nitro benzene ring substituents is 1. The number of anilines is 1. The van der Waals surface area contributed by atoms with Crippen LogP contribution in [0.5, 0.6) is 5.75 Å². The molecule has 0 aliphatic carbocycles. The molecule has 1 aliphatic rings. The third-order valence-electron chi connectivity index (χ3n) is 5.02. The first kappa shape index (κ1) is 21.3. The number of para-hydroxylation sites is 3. The number of carbonyl (C=O) groups is 1. The first-order valence-electron chi connectivity index (χ1n) is 9.77. The Morgan fingerprint density at radius 1 is 1.00 bits per heavy atom. The largest absolute Gasteiger partial charge is 0.502 e. The van der Waals surface area contributed by atoms with Gasteiger partial charge in [-0.2, -0.15) is 0 Å². The van der Waals surface area contributed by atoms with Crippen LogP contribution in [-0.4, -0.2) is 21.1 Å². The van der Waals surface area contributed by atoms with Crippen LogP contribution >= 0.6 is 11.8 Å². The van der Waals surface area contributed by atoms with Gasteiger partial charge in [-0.25, -0.2) is 4.99 Å². The van der Waals surface area contributed by atoms with Gasteiger partial charge in [0.2, 0.25) is 5.75 Å². The van der Waals surface area contributed by atoms with Gasteiger partial charge < -0.3 is 5.11 Å². The Kier molecular flexibility index (Phi) is 5.79. The molecular formula is C24H19N3O4S. The molecule has 0 aromatic heterocycles. The topological polar surface area (TPSA) is 96.0 Å². The Bertz CT molecular complexity index is 1300. The average molecular weight is 446 g/mol. The first-order chi connectivity index (χ1) is 15.4. The summed E-state index contributed by atoms with van der Waals surface area (Å²) in [6.45, 7) is 3.85. The second kappa shape index (κ2) is 8.68. The summed E-state index contributed by atoms with van der Waals surface area (Å²) in [5, 5.41) is 21.9. The van der Waals surface area contributed by atoms with Crippen LogP contribution in [0.15, 0.2) is 76.6 Å². The summed E-state index contributed by atoms with van der Waals surface area (Å²) in [5.74, 6) is -0.798. The van der Waals surface area contributed by atoms with Gasteiger partial charge in [0, 0.05) is 11.6 Å². The highest BCUT2D eigenvalue weighted by Crippen LogP contribution is 2.40. The van der Waals surface area contributed by atoms with E-state index in [4.69, 9.17) is 4.99 Å². The van der Waals surface area contributed by atoms with Crippen molar-refractivity contribution in [3.63, 3.8) is 0 Å². The van der Waals surface area contributed by atoms with E-state index in [0.29, 0.717) is 15.8 Å². The molecule has 0 radical (unpaired) electrons. The van der Waals surface area contributed by atoms with Crippen LogP contribution in [0.2, 0.25) is 0 Å². The minimum Gasteiger partial charge on any atom is -0.502 e. The number of hydrogen-bond donors (Lipinski definition) is 1. The monoisotopic (exact) mass is 445 g/mol. The first-order valence-corrected chi connectivity index (χ1v) is 10.6. The van der Waals surface area contributed by atoms with Gasteiger partial charge in [0.05, 0.1) is 21.2 Å². The zero-order valence-electron chi connectivity index (χ0n) is 17.4. The Morgan fingerprint density at radius 3 is 2.38 bits per heavy atom. The average Bonchev–Trinajstić information content (AvgIpc) is 3.06.